The van der Waals surface area contributed by atoms with Gasteiger partial charge in [0.2, 0.25) is 0 Å². The van der Waals surface area contributed by atoms with Crippen LogP contribution in [0.5, 0.6) is 11.5 Å². The van der Waals surface area contributed by atoms with Crippen LogP contribution < -0.4 is 14.8 Å². The highest BCUT2D eigenvalue weighted by molar-refractivity contribution is 5.43. The molecule has 0 bridgehead atoms. The number of hydrogen-bond acceptors (Lipinski definition) is 5. The molecule has 0 saturated carbocycles. The maximum absolute atomic E-state index is 6.09. The van der Waals surface area contributed by atoms with E-state index in [-0.39, 0.29) is 0 Å². The molecule has 1 aliphatic rings. The van der Waals surface area contributed by atoms with Crippen LogP contribution in [0.15, 0.2) is 42.6 Å². The predicted molar refractivity (Wildman–Crippen MR) is 100 cm³/mol. The molecule has 1 aromatic carbocycles. The largest absolute Gasteiger partial charge is 0.497 e. The van der Waals surface area contributed by atoms with Gasteiger partial charge < -0.3 is 14.8 Å². The summed E-state index contributed by atoms with van der Waals surface area (Å²) in [7, 11) is 1.68. The van der Waals surface area contributed by atoms with Crippen molar-refractivity contribution in [2.45, 2.75) is 25.8 Å². The van der Waals surface area contributed by atoms with Crippen molar-refractivity contribution < 1.29 is 9.47 Å². The molecule has 5 nitrogen and oxygen atoms in total. The highest BCUT2D eigenvalue weighted by atomic mass is 16.5. The minimum Gasteiger partial charge on any atom is -0.497 e. The Labute approximate surface area is 150 Å². The summed E-state index contributed by atoms with van der Waals surface area (Å²) in [6, 6.07) is 11.8. The third-order valence-corrected chi connectivity index (χ3v) is 4.51. The van der Waals surface area contributed by atoms with Crippen LogP contribution >= 0.6 is 0 Å². The number of methoxy groups -OCH3 is 1. The first-order chi connectivity index (χ1) is 12.3. The second kappa shape index (κ2) is 9.28. The van der Waals surface area contributed by atoms with Gasteiger partial charge >= 0.3 is 0 Å². The SMILES string of the molecule is COc1ccc(CNc2ccccn2)c(OCCN2CCCCC2)c1. The van der Waals surface area contributed by atoms with Gasteiger partial charge in [-0.05, 0) is 50.2 Å². The molecule has 1 aliphatic heterocycles. The third kappa shape index (κ3) is 5.36. The molecule has 0 atom stereocenters. The minimum atomic E-state index is 0.667. The van der Waals surface area contributed by atoms with E-state index in [1.807, 2.05) is 36.4 Å². The van der Waals surface area contributed by atoms with Crippen molar-refractivity contribution in [1.29, 1.82) is 0 Å². The zero-order chi connectivity index (χ0) is 17.3. The Kier molecular flexibility index (Phi) is 6.51. The van der Waals surface area contributed by atoms with Gasteiger partial charge in [-0.25, -0.2) is 4.98 Å². The fourth-order valence-corrected chi connectivity index (χ4v) is 3.06. The van der Waals surface area contributed by atoms with Gasteiger partial charge in [0.25, 0.3) is 0 Å². The second-order valence-corrected chi connectivity index (χ2v) is 6.29. The fourth-order valence-electron chi connectivity index (χ4n) is 3.06. The standard InChI is InChI=1S/C20H27N3O2/c1-24-18-9-8-17(16-22-20-7-3-4-10-21-20)19(15-18)25-14-13-23-11-5-2-6-12-23/h3-4,7-10,15H,2,5-6,11-14,16H2,1H3,(H,21,22). The van der Waals surface area contributed by atoms with Crippen LogP contribution in [0, 0.1) is 0 Å². The number of ether oxygens (including phenoxy) is 2. The number of pyridine rings is 1. The number of rotatable bonds is 8. The first kappa shape index (κ1) is 17.5. The lowest BCUT2D eigenvalue weighted by molar-refractivity contribution is 0.182. The molecule has 1 fully saturated rings. The summed E-state index contributed by atoms with van der Waals surface area (Å²) < 4.78 is 11.4. The normalized spacial score (nSPS) is 14.9. The van der Waals surface area contributed by atoms with E-state index < -0.39 is 0 Å². The molecule has 25 heavy (non-hydrogen) atoms. The number of nitrogens with zero attached hydrogens (tertiary/aromatic N) is 2. The molecule has 1 aromatic heterocycles. The maximum Gasteiger partial charge on any atom is 0.128 e. The lowest BCUT2D eigenvalue weighted by Gasteiger charge is -2.26. The summed E-state index contributed by atoms with van der Waals surface area (Å²) in [5.41, 5.74) is 1.10. The number of benzene rings is 1. The van der Waals surface area contributed by atoms with Gasteiger partial charge in [0.1, 0.15) is 23.9 Å². The summed E-state index contributed by atoms with van der Waals surface area (Å²) in [4.78, 5) is 6.78. The Balaban J connectivity index is 1.59. The lowest BCUT2D eigenvalue weighted by atomic mass is 10.1. The third-order valence-electron chi connectivity index (χ3n) is 4.51. The number of piperidine rings is 1. The highest BCUT2D eigenvalue weighted by Gasteiger charge is 2.11. The Bertz CT molecular complexity index is 643. The molecule has 1 saturated heterocycles. The maximum atomic E-state index is 6.09. The smallest absolute Gasteiger partial charge is 0.128 e. The first-order valence-electron chi connectivity index (χ1n) is 9.02. The molecule has 0 spiro atoms. The van der Waals surface area contributed by atoms with E-state index >= 15 is 0 Å². The van der Waals surface area contributed by atoms with Gasteiger partial charge in [-0.1, -0.05) is 12.5 Å². The minimum absolute atomic E-state index is 0.667. The molecule has 2 heterocycles. The van der Waals surface area contributed by atoms with Crippen molar-refractivity contribution in [1.82, 2.24) is 9.88 Å². The monoisotopic (exact) mass is 341 g/mol. The summed E-state index contributed by atoms with van der Waals surface area (Å²) in [5, 5.41) is 3.34. The van der Waals surface area contributed by atoms with Crippen LogP contribution in [0.2, 0.25) is 0 Å². The van der Waals surface area contributed by atoms with Gasteiger partial charge in [0.15, 0.2) is 0 Å². The predicted octanol–water partition coefficient (Wildman–Crippen LogP) is 3.57. The van der Waals surface area contributed by atoms with Gasteiger partial charge in [0, 0.05) is 30.9 Å². The highest BCUT2D eigenvalue weighted by Crippen LogP contribution is 2.25. The zero-order valence-corrected chi connectivity index (χ0v) is 14.9. The van der Waals surface area contributed by atoms with E-state index in [1.165, 1.54) is 32.4 Å². The Morgan fingerprint density at radius 1 is 1.12 bits per heavy atom. The summed E-state index contributed by atoms with van der Waals surface area (Å²) in [6.07, 6.45) is 5.75. The fraction of sp³-hybridized carbons (Fsp3) is 0.450. The summed E-state index contributed by atoms with van der Waals surface area (Å²) in [6.45, 7) is 4.72. The lowest BCUT2D eigenvalue weighted by Crippen LogP contribution is -2.33. The average molecular weight is 341 g/mol. The molecule has 0 amide bonds. The zero-order valence-electron chi connectivity index (χ0n) is 14.9. The van der Waals surface area contributed by atoms with Gasteiger partial charge in [-0.15, -0.1) is 0 Å². The summed E-state index contributed by atoms with van der Waals surface area (Å²) >= 11 is 0. The van der Waals surface area contributed by atoms with E-state index in [0.717, 1.165) is 29.4 Å². The van der Waals surface area contributed by atoms with E-state index in [0.29, 0.717) is 13.2 Å². The molecule has 0 unspecified atom stereocenters. The number of anilines is 1. The van der Waals surface area contributed by atoms with Crippen LogP contribution in [0.4, 0.5) is 5.82 Å². The van der Waals surface area contributed by atoms with Crippen LogP contribution in [-0.2, 0) is 6.54 Å². The quantitative estimate of drug-likeness (QED) is 0.795. The van der Waals surface area contributed by atoms with Crippen LogP contribution in [0.25, 0.3) is 0 Å². The molecule has 0 aliphatic carbocycles. The Hall–Kier alpha value is -2.27. The van der Waals surface area contributed by atoms with E-state index in [4.69, 9.17) is 9.47 Å². The van der Waals surface area contributed by atoms with Crippen molar-refractivity contribution in [3.8, 4) is 11.5 Å². The molecule has 5 heteroatoms. The Morgan fingerprint density at radius 3 is 2.76 bits per heavy atom. The molecule has 1 N–H and O–H groups in total. The van der Waals surface area contributed by atoms with Gasteiger partial charge in [-0.2, -0.15) is 0 Å². The number of aromatic nitrogens is 1. The molecular weight excluding hydrogens is 314 g/mol. The van der Waals surface area contributed by atoms with Crippen molar-refractivity contribution in [2.24, 2.45) is 0 Å². The molecule has 2 aromatic rings. The van der Waals surface area contributed by atoms with Crippen molar-refractivity contribution in [3.63, 3.8) is 0 Å². The second-order valence-electron chi connectivity index (χ2n) is 6.29. The van der Waals surface area contributed by atoms with Gasteiger partial charge in [0.05, 0.1) is 7.11 Å². The topological polar surface area (TPSA) is 46.6 Å². The molecule has 0 radical (unpaired) electrons. The van der Waals surface area contributed by atoms with E-state index in [2.05, 4.69) is 15.2 Å². The number of likely N-dealkylation sites (tertiary alicyclic amines) is 1. The van der Waals surface area contributed by atoms with Crippen LogP contribution in [0.3, 0.4) is 0 Å². The average Bonchev–Trinajstić information content (AvgIpc) is 2.68. The number of nitrogens with one attached hydrogen (secondary N) is 1. The number of hydrogen-bond donors (Lipinski definition) is 1. The molecule has 3 rings (SSSR count). The van der Waals surface area contributed by atoms with Crippen molar-refractivity contribution in [3.05, 3.63) is 48.2 Å². The van der Waals surface area contributed by atoms with E-state index in [1.54, 1.807) is 13.3 Å². The van der Waals surface area contributed by atoms with Crippen LogP contribution in [-0.4, -0.2) is 43.2 Å². The van der Waals surface area contributed by atoms with Crippen molar-refractivity contribution >= 4 is 5.82 Å². The van der Waals surface area contributed by atoms with Crippen molar-refractivity contribution in [2.75, 3.05) is 38.7 Å². The first-order valence-corrected chi connectivity index (χ1v) is 9.02. The molecular formula is C20H27N3O2. The van der Waals surface area contributed by atoms with Crippen LogP contribution in [0.1, 0.15) is 24.8 Å². The summed E-state index contributed by atoms with van der Waals surface area (Å²) in [5.74, 6) is 2.55. The van der Waals surface area contributed by atoms with Gasteiger partial charge in [-0.3, -0.25) is 4.90 Å². The molecule has 134 valence electrons. The van der Waals surface area contributed by atoms with E-state index in [9.17, 15) is 0 Å². The Morgan fingerprint density at radius 2 is 2.00 bits per heavy atom.